The fraction of sp³-hybridized carbons (Fsp3) is 0.571. The highest BCUT2D eigenvalue weighted by molar-refractivity contribution is 5.87. The molecule has 82 valence electrons. The van der Waals surface area contributed by atoms with Crippen LogP contribution in [0.4, 0.5) is 17.6 Å². The van der Waals surface area contributed by atoms with Gasteiger partial charge in [0.05, 0.1) is 5.92 Å². The Bertz CT molecular complexity index is 277. The SMILES string of the molecule is C=C(C(=O)O)C1CC(F)(F)C1(F)F.Cl. The third kappa shape index (κ3) is 1.58. The number of carboxylic acid groups (broad SMARTS) is 1. The summed E-state index contributed by atoms with van der Waals surface area (Å²) in [6.45, 7) is 2.82. The predicted molar refractivity (Wildman–Crippen MR) is 42.0 cm³/mol. The lowest BCUT2D eigenvalue weighted by Gasteiger charge is -2.43. The lowest BCUT2D eigenvalue weighted by molar-refractivity contribution is -0.304. The summed E-state index contributed by atoms with van der Waals surface area (Å²) >= 11 is 0. The molecule has 0 heterocycles. The van der Waals surface area contributed by atoms with Gasteiger partial charge in [-0.05, 0) is 0 Å². The van der Waals surface area contributed by atoms with Crippen molar-refractivity contribution in [2.24, 2.45) is 5.92 Å². The molecule has 1 fully saturated rings. The van der Waals surface area contributed by atoms with E-state index in [0.29, 0.717) is 0 Å². The van der Waals surface area contributed by atoms with Gasteiger partial charge in [-0.1, -0.05) is 6.58 Å². The zero-order chi connectivity index (χ0) is 10.4. The van der Waals surface area contributed by atoms with Crippen molar-refractivity contribution in [3.05, 3.63) is 12.2 Å². The molecule has 1 aliphatic carbocycles. The maximum atomic E-state index is 12.5. The monoisotopic (exact) mass is 234 g/mol. The maximum absolute atomic E-state index is 12.5. The third-order valence-corrected chi connectivity index (χ3v) is 2.08. The summed E-state index contributed by atoms with van der Waals surface area (Å²) in [6, 6.07) is 0. The van der Waals surface area contributed by atoms with Crippen molar-refractivity contribution >= 4 is 18.4 Å². The molecule has 1 unspecified atom stereocenters. The average Bonchev–Trinajstić information content (AvgIpc) is 1.98. The minimum atomic E-state index is -4.28. The lowest BCUT2D eigenvalue weighted by atomic mass is 9.73. The van der Waals surface area contributed by atoms with Crippen molar-refractivity contribution in [1.29, 1.82) is 0 Å². The standard InChI is InChI=1S/C7H6F4O2.ClH/c1-3(5(12)13)4-2-6(8,9)7(4,10)11;/h4H,1-2H2,(H,12,13);1H. The third-order valence-electron chi connectivity index (χ3n) is 2.08. The Morgan fingerprint density at radius 1 is 1.36 bits per heavy atom. The van der Waals surface area contributed by atoms with Crippen LogP contribution in [-0.4, -0.2) is 22.9 Å². The van der Waals surface area contributed by atoms with Gasteiger partial charge in [0, 0.05) is 12.0 Å². The van der Waals surface area contributed by atoms with Crippen LogP contribution in [0, 0.1) is 5.92 Å². The van der Waals surface area contributed by atoms with E-state index >= 15 is 0 Å². The van der Waals surface area contributed by atoms with Gasteiger partial charge >= 0.3 is 17.8 Å². The molecule has 1 aliphatic rings. The molecule has 14 heavy (non-hydrogen) atoms. The number of halogens is 5. The molecule has 1 N–H and O–H groups in total. The van der Waals surface area contributed by atoms with Crippen molar-refractivity contribution in [3.8, 4) is 0 Å². The van der Waals surface area contributed by atoms with Crippen LogP contribution in [0.5, 0.6) is 0 Å². The Labute approximate surface area is 83.0 Å². The average molecular weight is 235 g/mol. The minimum Gasteiger partial charge on any atom is -0.478 e. The van der Waals surface area contributed by atoms with E-state index in [4.69, 9.17) is 5.11 Å². The van der Waals surface area contributed by atoms with Crippen LogP contribution in [0.1, 0.15) is 6.42 Å². The van der Waals surface area contributed by atoms with E-state index in [0.717, 1.165) is 0 Å². The summed E-state index contributed by atoms with van der Waals surface area (Å²) < 4.78 is 49.4. The Morgan fingerprint density at radius 2 is 1.79 bits per heavy atom. The minimum absolute atomic E-state index is 0. The Hall–Kier alpha value is -0.780. The first kappa shape index (κ1) is 13.2. The molecule has 2 nitrogen and oxygen atoms in total. The molecule has 0 bridgehead atoms. The lowest BCUT2D eigenvalue weighted by Crippen LogP contribution is -2.59. The molecule has 0 aromatic heterocycles. The molecular weight excluding hydrogens is 228 g/mol. The van der Waals surface area contributed by atoms with Crippen molar-refractivity contribution in [3.63, 3.8) is 0 Å². The van der Waals surface area contributed by atoms with Crippen LogP contribution < -0.4 is 0 Å². The van der Waals surface area contributed by atoms with Crippen molar-refractivity contribution in [1.82, 2.24) is 0 Å². The predicted octanol–water partition coefficient (Wildman–Crippen LogP) is 2.34. The van der Waals surface area contributed by atoms with E-state index < -0.39 is 35.7 Å². The van der Waals surface area contributed by atoms with E-state index in [9.17, 15) is 22.4 Å². The molecule has 0 spiro atoms. The van der Waals surface area contributed by atoms with Gasteiger partial charge in [0.15, 0.2) is 0 Å². The van der Waals surface area contributed by atoms with E-state index in [1.54, 1.807) is 0 Å². The molecule has 0 amide bonds. The topological polar surface area (TPSA) is 37.3 Å². The number of alkyl halides is 4. The van der Waals surface area contributed by atoms with Crippen LogP contribution in [-0.2, 0) is 4.79 Å². The Morgan fingerprint density at radius 3 is 2.00 bits per heavy atom. The molecule has 1 atom stereocenters. The summed E-state index contributed by atoms with van der Waals surface area (Å²) in [7, 11) is 0. The van der Waals surface area contributed by atoms with Gasteiger partial charge < -0.3 is 5.11 Å². The van der Waals surface area contributed by atoms with E-state index in [1.165, 1.54) is 0 Å². The zero-order valence-electron chi connectivity index (χ0n) is 6.77. The molecule has 1 saturated carbocycles. The number of rotatable bonds is 2. The highest BCUT2D eigenvalue weighted by Crippen LogP contribution is 2.57. The van der Waals surface area contributed by atoms with Gasteiger partial charge in [0.2, 0.25) is 0 Å². The fourth-order valence-corrected chi connectivity index (χ4v) is 1.14. The number of hydrogen-bond donors (Lipinski definition) is 1. The largest absolute Gasteiger partial charge is 0.478 e. The van der Waals surface area contributed by atoms with Crippen LogP contribution >= 0.6 is 12.4 Å². The van der Waals surface area contributed by atoms with Crippen LogP contribution in [0.25, 0.3) is 0 Å². The van der Waals surface area contributed by atoms with Crippen molar-refractivity contribution < 1.29 is 27.5 Å². The number of aliphatic carboxylic acids is 1. The highest BCUT2D eigenvalue weighted by atomic mass is 35.5. The summed E-state index contributed by atoms with van der Waals surface area (Å²) in [5.74, 6) is -12.0. The molecule has 0 radical (unpaired) electrons. The molecule has 0 saturated heterocycles. The van der Waals surface area contributed by atoms with Gasteiger partial charge in [-0.25, -0.2) is 4.79 Å². The second-order valence-electron chi connectivity index (χ2n) is 2.91. The molecular formula is C7H7ClF4O2. The highest BCUT2D eigenvalue weighted by Gasteiger charge is 2.72. The van der Waals surface area contributed by atoms with Crippen LogP contribution in [0.2, 0.25) is 0 Å². The summed E-state index contributed by atoms with van der Waals surface area (Å²) in [5.41, 5.74) is -0.865. The fourth-order valence-electron chi connectivity index (χ4n) is 1.14. The maximum Gasteiger partial charge on any atom is 0.331 e. The summed E-state index contributed by atoms with van der Waals surface area (Å²) in [5, 5.41) is 8.24. The Balaban J connectivity index is 0.00000169. The van der Waals surface area contributed by atoms with E-state index in [-0.39, 0.29) is 12.4 Å². The quantitative estimate of drug-likeness (QED) is 0.588. The first-order valence-electron chi connectivity index (χ1n) is 3.38. The van der Waals surface area contributed by atoms with E-state index in [1.807, 2.05) is 0 Å². The Kier molecular flexibility index (Phi) is 3.23. The first-order valence-corrected chi connectivity index (χ1v) is 3.38. The molecule has 1 rings (SSSR count). The van der Waals surface area contributed by atoms with E-state index in [2.05, 4.69) is 6.58 Å². The van der Waals surface area contributed by atoms with Gasteiger partial charge in [-0.15, -0.1) is 12.4 Å². The first-order chi connectivity index (χ1) is 5.70. The number of carboxylic acids is 1. The van der Waals surface area contributed by atoms with Gasteiger partial charge in [0.1, 0.15) is 0 Å². The molecule has 0 aromatic rings. The second-order valence-corrected chi connectivity index (χ2v) is 2.91. The van der Waals surface area contributed by atoms with Crippen LogP contribution in [0.3, 0.4) is 0 Å². The van der Waals surface area contributed by atoms with Crippen molar-refractivity contribution in [2.45, 2.75) is 18.3 Å². The van der Waals surface area contributed by atoms with Gasteiger partial charge in [-0.2, -0.15) is 17.6 Å². The second kappa shape index (κ2) is 3.42. The zero-order valence-corrected chi connectivity index (χ0v) is 7.58. The van der Waals surface area contributed by atoms with Gasteiger partial charge in [0.25, 0.3) is 0 Å². The van der Waals surface area contributed by atoms with Crippen molar-refractivity contribution in [2.75, 3.05) is 0 Å². The molecule has 7 heteroatoms. The van der Waals surface area contributed by atoms with Gasteiger partial charge in [-0.3, -0.25) is 0 Å². The van der Waals surface area contributed by atoms with Crippen LogP contribution in [0.15, 0.2) is 12.2 Å². The molecule has 0 aliphatic heterocycles. The number of carbonyl (C=O) groups is 1. The summed E-state index contributed by atoms with van der Waals surface area (Å²) in [6.07, 6.45) is -1.15. The normalized spacial score (nSPS) is 27.0. The molecule has 0 aromatic carbocycles. The summed E-state index contributed by atoms with van der Waals surface area (Å²) in [4.78, 5) is 10.2. The smallest absolute Gasteiger partial charge is 0.331 e. The number of hydrogen-bond acceptors (Lipinski definition) is 1.